The number of urea groups is 1. The molecule has 2 aliphatic rings. The summed E-state index contributed by atoms with van der Waals surface area (Å²) in [6.45, 7) is 0.192. The van der Waals surface area contributed by atoms with Gasteiger partial charge in [-0.15, -0.1) is 0 Å². The van der Waals surface area contributed by atoms with Gasteiger partial charge in [0, 0.05) is 12.6 Å². The van der Waals surface area contributed by atoms with E-state index in [1.807, 2.05) is 18.2 Å². The molecule has 0 aromatic heterocycles. The van der Waals surface area contributed by atoms with E-state index >= 15 is 0 Å². The molecule has 2 amide bonds. The maximum Gasteiger partial charge on any atom is 0.315 e. The predicted octanol–water partition coefficient (Wildman–Crippen LogP) is 3.00. The summed E-state index contributed by atoms with van der Waals surface area (Å²) in [5, 5.41) is 16.1. The second-order valence-electron chi connectivity index (χ2n) is 7.11. The lowest BCUT2D eigenvalue weighted by Gasteiger charge is -2.30. The lowest BCUT2D eigenvalue weighted by Crippen LogP contribution is -2.45. The molecular formula is C19H28N2O3. The highest BCUT2D eigenvalue weighted by molar-refractivity contribution is 5.74. The van der Waals surface area contributed by atoms with Crippen molar-refractivity contribution in [1.29, 1.82) is 0 Å². The normalized spacial score (nSPS) is 24.9. The van der Waals surface area contributed by atoms with Crippen molar-refractivity contribution >= 4 is 6.03 Å². The molecule has 0 saturated heterocycles. The molecule has 3 unspecified atom stereocenters. The fraction of sp³-hybridized carbons (Fsp3) is 0.632. The minimum atomic E-state index is -0.739. The monoisotopic (exact) mass is 332 g/mol. The molecule has 3 N–H and O–H groups in total. The highest BCUT2D eigenvalue weighted by Crippen LogP contribution is 2.43. The van der Waals surface area contributed by atoms with Crippen LogP contribution in [0.4, 0.5) is 4.79 Å². The summed E-state index contributed by atoms with van der Waals surface area (Å²) in [5.41, 5.74) is 0.737. The van der Waals surface area contributed by atoms with Crippen molar-refractivity contribution < 1.29 is 14.6 Å². The Bertz CT molecular complexity index is 559. The Morgan fingerprint density at radius 1 is 1.29 bits per heavy atom. The molecule has 0 spiro atoms. The molecule has 2 saturated carbocycles. The lowest BCUT2D eigenvalue weighted by molar-refractivity contribution is 0.170. The summed E-state index contributed by atoms with van der Waals surface area (Å²) in [4.78, 5) is 12.1. The maximum absolute atomic E-state index is 12.1. The van der Waals surface area contributed by atoms with E-state index in [0.29, 0.717) is 5.75 Å². The van der Waals surface area contributed by atoms with Gasteiger partial charge in [0.1, 0.15) is 5.75 Å². The van der Waals surface area contributed by atoms with Gasteiger partial charge in [0.2, 0.25) is 0 Å². The lowest BCUT2D eigenvalue weighted by atomic mass is 9.83. The van der Waals surface area contributed by atoms with Crippen molar-refractivity contribution in [3.05, 3.63) is 29.8 Å². The van der Waals surface area contributed by atoms with Gasteiger partial charge in [0.25, 0.3) is 0 Å². The summed E-state index contributed by atoms with van der Waals surface area (Å²) in [6, 6.07) is 7.36. The number of nitrogens with one attached hydrogen (secondary N) is 2. The second-order valence-corrected chi connectivity index (χ2v) is 7.11. The van der Waals surface area contributed by atoms with Crippen LogP contribution in [0.3, 0.4) is 0 Å². The van der Waals surface area contributed by atoms with Crippen molar-refractivity contribution in [2.45, 2.75) is 50.7 Å². The number of rotatable bonds is 6. The number of hydrogen-bond donors (Lipinski definition) is 3. The smallest absolute Gasteiger partial charge is 0.315 e. The SMILES string of the molecule is COc1cccc(C(O)CNC(=O)NC2CCCC(C3CC3)C2)c1. The first-order valence-corrected chi connectivity index (χ1v) is 9.02. The van der Waals surface area contributed by atoms with Crippen LogP contribution in [0.2, 0.25) is 0 Å². The standard InChI is InChI=1S/C19H28N2O3/c1-24-17-7-3-5-15(11-17)18(22)12-20-19(23)21-16-6-2-4-14(10-16)13-8-9-13/h3,5,7,11,13-14,16,18,22H,2,4,6,8-10,12H2,1H3,(H2,20,21,23). The quantitative estimate of drug-likeness (QED) is 0.750. The van der Waals surface area contributed by atoms with Gasteiger partial charge in [-0.1, -0.05) is 25.0 Å². The zero-order chi connectivity index (χ0) is 16.9. The van der Waals surface area contributed by atoms with Gasteiger partial charge >= 0.3 is 6.03 Å². The molecule has 5 heteroatoms. The Morgan fingerprint density at radius 2 is 2.12 bits per heavy atom. The van der Waals surface area contributed by atoms with Gasteiger partial charge in [-0.25, -0.2) is 4.79 Å². The van der Waals surface area contributed by atoms with Gasteiger partial charge < -0.3 is 20.5 Å². The Kier molecular flexibility index (Phi) is 5.61. The summed E-state index contributed by atoms with van der Waals surface area (Å²) in [7, 11) is 1.59. The summed E-state index contributed by atoms with van der Waals surface area (Å²) in [5.74, 6) is 2.41. The first-order valence-electron chi connectivity index (χ1n) is 9.02. The number of hydrogen-bond acceptors (Lipinski definition) is 3. The second kappa shape index (κ2) is 7.88. The minimum absolute atomic E-state index is 0.182. The van der Waals surface area contributed by atoms with E-state index < -0.39 is 6.10 Å². The minimum Gasteiger partial charge on any atom is -0.497 e. The third-order valence-electron chi connectivity index (χ3n) is 5.27. The number of aliphatic hydroxyl groups is 1. The van der Waals surface area contributed by atoms with Crippen LogP contribution in [-0.4, -0.2) is 30.8 Å². The highest BCUT2D eigenvalue weighted by atomic mass is 16.5. The van der Waals surface area contributed by atoms with Crippen LogP contribution in [0.15, 0.2) is 24.3 Å². The van der Waals surface area contributed by atoms with E-state index in [0.717, 1.165) is 30.2 Å². The number of carbonyl (C=O) groups excluding carboxylic acids is 1. The molecule has 132 valence electrons. The number of methoxy groups -OCH3 is 1. The Morgan fingerprint density at radius 3 is 2.88 bits per heavy atom. The summed E-state index contributed by atoms with van der Waals surface area (Å²) < 4.78 is 5.15. The Labute approximate surface area is 143 Å². The molecular weight excluding hydrogens is 304 g/mol. The zero-order valence-corrected chi connectivity index (χ0v) is 14.3. The van der Waals surface area contributed by atoms with Crippen molar-refractivity contribution in [2.75, 3.05) is 13.7 Å². The molecule has 3 atom stereocenters. The molecule has 2 fully saturated rings. The molecule has 0 bridgehead atoms. The van der Waals surface area contributed by atoms with Gasteiger partial charge in [-0.3, -0.25) is 0 Å². The van der Waals surface area contributed by atoms with Gasteiger partial charge in [-0.2, -0.15) is 0 Å². The molecule has 2 aliphatic carbocycles. The predicted molar refractivity (Wildman–Crippen MR) is 93.0 cm³/mol. The molecule has 0 radical (unpaired) electrons. The third-order valence-corrected chi connectivity index (χ3v) is 5.27. The van der Waals surface area contributed by atoms with Crippen molar-refractivity contribution in [2.24, 2.45) is 11.8 Å². The van der Waals surface area contributed by atoms with Gasteiger partial charge in [0.05, 0.1) is 13.2 Å². The average Bonchev–Trinajstić information content (AvgIpc) is 3.45. The van der Waals surface area contributed by atoms with Crippen LogP contribution >= 0.6 is 0 Å². The largest absolute Gasteiger partial charge is 0.497 e. The van der Waals surface area contributed by atoms with E-state index in [2.05, 4.69) is 10.6 Å². The number of ether oxygens (including phenoxy) is 1. The van der Waals surface area contributed by atoms with Crippen molar-refractivity contribution in [3.8, 4) is 5.75 Å². The Hall–Kier alpha value is -1.75. The van der Waals surface area contributed by atoms with Crippen molar-refractivity contribution in [1.82, 2.24) is 10.6 Å². The molecule has 0 heterocycles. The van der Waals surface area contributed by atoms with E-state index in [1.54, 1.807) is 13.2 Å². The zero-order valence-electron chi connectivity index (χ0n) is 14.3. The van der Waals surface area contributed by atoms with E-state index in [4.69, 9.17) is 4.74 Å². The number of benzene rings is 1. The summed E-state index contributed by atoms with van der Waals surface area (Å²) >= 11 is 0. The van der Waals surface area contributed by atoms with Gasteiger partial charge in [-0.05, 0) is 55.2 Å². The van der Waals surface area contributed by atoms with Crippen LogP contribution in [-0.2, 0) is 0 Å². The molecule has 5 nitrogen and oxygen atoms in total. The van der Waals surface area contributed by atoms with Crippen LogP contribution < -0.4 is 15.4 Å². The van der Waals surface area contributed by atoms with Crippen LogP contribution in [0.25, 0.3) is 0 Å². The van der Waals surface area contributed by atoms with Gasteiger partial charge in [0.15, 0.2) is 0 Å². The van der Waals surface area contributed by atoms with Crippen LogP contribution in [0, 0.1) is 11.8 Å². The Balaban J connectivity index is 1.42. The molecule has 1 aromatic carbocycles. The van der Waals surface area contributed by atoms with Crippen LogP contribution in [0.1, 0.15) is 50.2 Å². The number of amides is 2. The molecule has 3 rings (SSSR count). The highest BCUT2D eigenvalue weighted by Gasteiger charge is 2.35. The molecule has 0 aliphatic heterocycles. The van der Waals surface area contributed by atoms with Crippen molar-refractivity contribution in [3.63, 3.8) is 0 Å². The fourth-order valence-corrected chi connectivity index (χ4v) is 3.75. The number of aliphatic hydroxyl groups excluding tert-OH is 1. The van der Waals surface area contributed by atoms with E-state index in [9.17, 15) is 9.90 Å². The van der Waals surface area contributed by atoms with E-state index in [1.165, 1.54) is 25.7 Å². The summed E-state index contributed by atoms with van der Waals surface area (Å²) in [6.07, 6.45) is 6.70. The molecule has 1 aromatic rings. The third kappa shape index (κ3) is 4.63. The van der Waals surface area contributed by atoms with E-state index in [-0.39, 0.29) is 18.6 Å². The van der Waals surface area contributed by atoms with Crippen LogP contribution in [0.5, 0.6) is 5.75 Å². The first-order chi connectivity index (χ1) is 11.7. The molecule has 24 heavy (non-hydrogen) atoms. The fourth-order valence-electron chi connectivity index (χ4n) is 3.75. The first kappa shape index (κ1) is 17.1. The maximum atomic E-state index is 12.1. The average molecular weight is 332 g/mol. The topological polar surface area (TPSA) is 70.6 Å². The number of carbonyl (C=O) groups is 1.